The van der Waals surface area contributed by atoms with Crippen LogP contribution in [-0.4, -0.2) is 60.8 Å². The van der Waals surface area contributed by atoms with Crippen LogP contribution in [0.5, 0.6) is 0 Å². The van der Waals surface area contributed by atoms with Crippen LogP contribution in [0.15, 0.2) is 29.2 Å². The first-order valence-electron chi connectivity index (χ1n) is 8.74. The van der Waals surface area contributed by atoms with E-state index >= 15 is 0 Å². The van der Waals surface area contributed by atoms with Crippen LogP contribution >= 0.6 is 0 Å². The van der Waals surface area contributed by atoms with Gasteiger partial charge in [0.05, 0.1) is 11.3 Å². The van der Waals surface area contributed by atoms with Crippen molar-refractivity contribution in [2.45, 2.75) is 39.0 Å². The van der Waals surface area contributed by atoms with Crippen LogP contribution in [0, 0.1) is 5.92 Å². The molecule has 1 aromatic carbocycles. The first kappa shape index (κ1) is 22.1. The van der Waals surface area contributed by atoms with E-state index < -0.39 is 16.0 Å². The second-order valence-electron chi connectivity index (χ2n) is 6.40. The van der Waals surface area contributed by atoms with Crippen LogP contribution in [0.25, 0.3) is 0 Å². The molecule has 0 aliphatic heterocycles. The Bertz CT molecular complexity index is 710. The number of nitrogens with zero attached hydrogens (tertiary/aromatic N) is 2. The molecule has 0 heterocycles. The Morgan fingerprint density at radius 1 is 1.08 bits per heavy atom. The summed E-state index contributed by atoms with van der Waals surface area (Å²) in [4.78, 5) is 25.1. The average molecular weight is 384 g/mol. The van der Waals surface area contributed by atoms with Gasteiger partial charge >= 0.3 is 5.97 Å². The predicted molar refractivity (Wildman–Crippen MR) is 99.5 cm³/mol. The summed E-state index contributed by atoms with van der Waals surface area (Å²) in [5, 5.41) is 8.86. The number of rotatable bonds is 10. The summed E-state index contributed by atoms with van der Waals surface area (Å²) in [6.07, 6.45) is -0.132. The predicted octanol–water partition coefficient (Wildman–Crippen LogP) is 2.29. The molecule has 0 aliphatic rings. The number of sulfonamides is 1. The van der Waals surface area contributed by atoms with Gasteiger partial charge in [-0.3, -0.25) is 9.59 Å². The van der Waals surface area contributed by atoms with Crippen molar-refractivity contribution in [3.63, 3.8) is 0 Å². The van der Waals surface area contributed by atoms with Crippen LogP contribution in [0.2, 0.25) is 0 Å². The van der Waals surface area contributed by atoms with Gasteiger partial charge in [0.25, 0.3) is 5.91 Å². The Balaban J connectivity index is 3.04. The summed E-state index contributed by atoms with van der Waals surface area (Å²) < 4.78 is 26.3. The van der Waals surface area contributed by atoms with Crippen molar-refractivity contribution in [3.05, 3.63) is 29.8 Å². The van der Waals surface area contributed by atoms with E-state index in [1.807, 2.05) is 13.8 Å². The highest BCUT2D eigenvalue weighted by molar-refractivity contribution is 7.89. The molecule has 0 spiro atoms. The van der Waals surface area contributed by atoms with E-state index in [2.05, 4.69) is 0 Å². The molecule has 1 amide bonds. The summed E-state index contributed by atoms with van der Waals surface area (Å²) in [6.45, 7) is 8.73. The third kappa shape index (κ3) is 5.81. The third-order valence-corrected chi connectivity index (χ3v) is 5.98. The molecule has 26 heavy (non-hydrogen) atoms. The SMILES string of the molecule is CCN(CC)S(=O)(=O)c1ccc(C(=O)N(CCC(=O)O)CC(C)C)cc1. The molecule has 0 saturated heterocycles. The first-order valence-corrected chi connectivity index (χ1v) is 10.2. The molecule has 0 aliphatic carbocycles. The molecule has 8 heteroatoms. The molecule has 0 saturated carbocycles. The van der Waals surface area contributed by atoms with Crippen molar-refractivity contribution >= 4 is 21.9 Å². The molecule has 0 unspecified atom stereocenters. The van der Waals surface area contributed by atoms with Gasteiger partial charge < -0.3 is 10.0 Å². The van der Waals surface area contributed by atoms with E-state index in [1.54, 1.807) is 13.8 Å². The van der Waals surface area contributed by atoms with Crippen molar-refractivity contribution in [2.24, 2.45) is 5.92 Å². The number of benzene rings is 1. The summed E-state index contributed by atoms with van der Waals surface area (Å²) in [7, 11) is -3.57. The molecule has 1 aromatic rings. The number of aliphatic carboxylic acids is 1. The zero-order valence-electron chi connectivity index (χ0n) is 15.8. The minimum absolute atomic E-state index is 0.117. The second kappa shape index (κ2) is 9.68. The monoisotopic (exact) mass is 384 g/mol. The fourth-order valence-electron chi connectivity index (χ4n) is 2.61. The topological polar surface area (TPSA) is 95.0 Å². The number of carbonyl (C=O) groups excluding carboxylic acids is 1. The molecule has 0 bridgehead atoms. The zero-order chi connectivity index (χ0) is 19.9. The van der Waals surface area contributed by atoms with Gasteiger partial charge in [0.1, 0.15) is 0 Å². The van der Waals surface area contributed by atoms with Crippen molar-refractivity contribution in [2.75, 3.05) is 26.2 Å². The second-order valence-corrected chi connectivity index (χ2v) is 8.34. The highest BCUT2D eigenvalue weighted by Gasteiger charge is 2.23. The quantitative estimate of drug-likeness (QED) is 0.668. The Morgan fingerprint density at radius 3 is 2.04 bits per heavy atom. The number of hydrogen-bond acceptors (Lipinski definition) is 4. The lowest BCUT2D eigenvalue weighted by molar-refractivity contribution is -0.137. The maximum atomic E-state index is 12.7. The fraction of sp³-hybridized carbons (Fsp3) is 0.556. The highest BCUT2D eigenvalue weighted by atomic mass is 32.2. The molecule has 146 valence electrons. The van der Waals surface area contributed by atoms with Crippen LogP contribution in [0.1, 0.15) is 44.5 Å². The lowest BCUT2D eigenvalue weighted by Gasteiger charge is -2.24. The number of carboxylic acid groups (broad SMARTS) is 1. The standard InChI is InChI=1S/C18H28N2O5S/c1-5-20(6-2)26(24,25)16-9-7-15(8-10-16)18(23)19(13-14(3)4)12-11-17(21)22/h7-10,14H,5-6,11-13H2,1-4H3,(H,21,22). The van der Waals surface area contributed by atoms with Crippen LogP contribution in [0.4, 0.5) is 0 Å². The van der Waals surface area contributed by atoms with Gasteiger partial charge in [-0.15, -0.1) is 0 Å². The number of carboxylic acids is 1. The lowest BCUT2D eigenvalue weighted by atomic mass is 10.1. The molecule has 7 nitrogen and oxygen atoms in total. The molecule has 0 radical (unpaired) electrons. The fourth-order valence-corrected chi connectivity index (χ4v) is 4.07. The molecule has 0 aromatic heterocycles. The van der Waals surface area contributed by atoms with E-state index in [0.717, 1.165) is 0 Å². The van der Waals surface area contributed by atoms with Crippen molar-refractivity contribution in [1.29, 1.82) is 0 Å². The van der Waals surface area contributed by atoms with E-state index in [9.17, 15) is 18.0 Å². The van der Waals surface area contributed by atoms with Gasteiger partial charge in [-0.05, 0) is 30.2 Å². The van der Waals surface area contributed by atoms with Crippen LogP contribution in [0.3, 0.4) is 0 Å². The van der Waals surface area contributed by atoms with E-state index in [0.29, 0.717) is 25.2 Å². The maximum absolute atomic E-state index is 12.7. The molecule has 1 N–H and O–H groups in total. The number of amides is 1. The number of hydrogen-bond donors (Lipinski definition) is 1. The summed E-state index contributed by atoms with van der Waals surface area (Å²) in [5.41, 5.74) is 0.342. The van der Waals surface area contributed by atoms with Gasteiger partial charge in [0, 0.05) is 31.7 Å². The lowest BCUT2D eigenvalue weighted by Crippen LogP contribution is -2.36. The van der Waals surface area contributed by atoms with Crippen molar-refractivity contribution in [3.8, 4) is 0 Å². The molecule has 1 rings (SSSR count). The van der Waals surface area contributed by atoms with Gasteiger partial charge in [-0.1, -0.05) is 27.7 Å². The van der Waals surface area contributed by atoms with E-state index in [1.165, 1.54) is 33.5 Å². The minimum Gasteiger partial charge on any atom is -0.481 e. The minimum atomic E-state index is -3.57. The average Bonchev–Trinajstić information content (AvgIpc) is 2.58. The third-order valence-electron chi connectivity index (χ3n) is 3.91. The molecular weight excluding hydrogens is 356 g/mol. The van der Waals surface area contributed by atoms with E-state index in [-0.39, 0.29) is 29.7 Å². The van der Waals surface area contributed by atoms with Gasteiger partial charge in [-0.2, -0.15) is 4.31 Å². The van der Waals surface area contributed by atoms with Gasteiger partial charge in [0.15, 0.2) is 0 Å². The molecule has 0 atom stereocenters. The maximum Gasteiger partial charge on any atom is 0.305 e. The Kier molecular flexibility index (Phi) is 8.23. The highest BCUT2D eigenvalue weighted by Crippen LogP contribution is 2.17. The molecule has 0 fully saturated rings. The normalized spacial score (nSPS) is 11.8. The van der Waals surface area contributed by atoms with Crippen LogP contribution in [-0.2, 0) is 14.8 Å². The van der Waals surface area contributed by atoms with E-state index in [4.69, 9.17) is 5.11 Å². The van der Waals surface area contributed by atoms with Crippen LogP contribution < -0.4 is 0 Å². The largest absolute Gasteiger partial charge is 0.481 e. The zero-order valence-corrected chi connectivity index (χ0v) is 16.6. The first-order chi connectivity index (χ1) is 12.1. The van der Waals surface area contributed by atoms with Crippen molar-refractivity contribution < 1.29 is 23.1 Å². The molecular formula is C18H28N2O5S. The Labute approximate surface area is 155 Å². The Hall–Kier alpha value is -1.93. The summed E-state index contributed by atoms with van der Waals surface area (Å²) in [5.74, 6) is -1.07. The summed E-state index contributed by atoms with van der Waals surface area (Å²) >= 11 is 0. The van der Waals surface area contributed by atoms with Crippen molar-refractivity contribution in [1.82, 2.24) is 9.21 Å². The van der Waals surface area contributed by atoms with Gasteiger partial charge in [0.2, 0.25) is 10.0 Å². The smallest absolute Gasteiger partial charge is 0.305 e. The summed E-state index contributed by atoms with van der Waals surface area (Å²) in [6, 6.07) is 5.80. The number of carbonyl (C=O) groups is 2. The Morgan fingerprint density at radius 2 is 1.62 bits per heavy atom. The van der Waals surface area contributed by atoms with Gasteiger partial charge in [-0.25, -0.2) is 8.42 Å².